The normalized spacial score (nSPS) is 43.5. The van der Waals surface area contributed by atoms with Gasteiger partial charge in [0.25, 0.3) is 0 Å². The number of hydrogen-bond acceptors (Lipinski definition) is 3. The van der Waals surface area contributed by atoms with Crippen LogP contribution in [0.2, 0.25) is 0 Å². The van der Waals surface area contributed by atoms with Crippen LogP contribution < -0.4 is 0 Å². The van der Waals surface area contributed by atoms with Crippen LogP contribution in [0.25, 0.3) is 0 Å². The summed E-state index contributed by atoms with van der Waals surface area (Å²) >= 11 is 0. The summed E-state index contributed by atoms with van der Waals surface area (Å²) < 4.78 is 11.4. The van der Waals surface area contributed by atoms with Gasteiger partial charge in [-0.05, 0) is 44.4 Å². The van der Waals surface area contributed by atoms with Crippen LogP contribution >= 0.6 is 0 Å². The maximum Gasteiger partial charge on any atom is 0.0940 e. The molecule has 3 aliphatic rings. The molecular weight excluding hydrogens is 204 g/mol. The Balaban J connectivity index is 1.71. The number of ether oxygens (including phenoxy) is 2. The Morgan fingerprint density at radius 3 is 2.62 bits per heavy atom. The molecule has 2 saturated heterocycles. The fourth-order valence-electron chi connectivity index (χ4n) is 3.39. The second kappa shape index (κ2) is 3.69. The molecule has 16 heavy (non-hydrogen) atoms. The molecule has 3 unspecified atom stereocenters. The molecule has 1 N–H and O–H groups in total. The quantitative estimate of drug-likeness (QED) is 0.779. The molecule has 1 aliphatic carbocycles. The Bertz CT molecular complexity index is 264. The Labute approximate surface area is 97.1 Å². The van der Waals surface area contributed by atoms with E-state index in [1.807, 2.05) is 6.92 Å². The van der Waals surface area contributed by atoms with Crippen molar-refractivity contribution in [2.24, 2.45) is 11.8 Å². The minimum atomic E-state index is -0.473. The molecule has 3 nitrogen and oxygen atoms in total. The molecule has 0 aromatic carbocycles. The van der Waals surface area contributed by atoms with E-state index >= 15 is 0 Å². The Morgan fingerprint density at radius 1 is 1.19 bits per heavy atom. The van der Waals surface area contributed by atoms with Gasteiger partial charge in [-0.15, -0.1) is 0 Å². The molecule has 2 heterocycles. The molecule has 0 aromatic rings. The molecule has 3 heteroatoms. The Kier molecular flexibility index (Phi) is 2.54. The van der Waals surface area contributed by atoms with Crippen LogP contribution in [0, 0.1) is 11.8 Å². The van der Waals surface area contributed by atoms with Crippen LogP contribution in [0.5, 0.6) is 0 Å². The second-order valence-corrected chi connectivity index (χ2v) is 6.02. The van der Waals surface area contributed by atoms with Gasteiger partial charge in [0.1, 0.15) is 0 Å². The van der Waals surface area contributed by atoms with Crippen molar-refractivity contribution in [2.45, 2.75) is 50.2 Å². The largest absolute Gasteiger partial charge is 0.390 e. The van der Waals surface area contributed by atoms with Gasteiger partial charge in [-0.3, -0.25) is 0 Å². The highest BCUT2D eigenvalue weighted by Crippen LogP contribution is 2.49. The molecule has 1 saturated carbocycles. The predicted octanol–water partition coefficient (Wildman–Crippen LogP) is 1.73. The fraction of sp³-hybridized carbons (Fsp3) is 1.00. The number of hydrogen-bond donors (Lipinski definition) is 1. The van der Waals surface area contributed by atoms with E-state index in [1.165, 1.54) is 12.8 Å². The Morgan fingerprint density at radius 2 is 2.00 bits per heavy atom. The summed E-state index contributed by atoms with van der Waals surface area (Å²) in [5, 5.41) is 10.6. The first-order chi connectivity index (χ1) is 7.62. The smallest absolute Gasteiger partial charge is 0.0940 e. The van der Waals surface area contributed by atoms with Crippen LogP contribution in [-0.4, -0.2) is 36.1 Å². The molecule has 3 atom stereocenters. The van der Waals surface area contributed by atoms with E-state index in [9.17, 15) is 5.11 Å². The molecule has 3 rings (SSSR count). The molecular formula is C13H22O3. The third kappa shape index (κ3) is 1.79. The minimum Gasteiger partial charge on any atom is -0.390 e. The summed E-state index contributed by atoms with van der Waals surface area (Å²) in [6, 6.07) is 0. The molecule has 0 bridgehead atoms. The third-order valence-corrected chi connectivity index (χ3v) is 4.79. The van der Waals surface area contributed by atoms with E-state index in [4.69, 9.17) is 9.47 Å². The lowest BCUT2D eigenvalue weighted by Crippen LogP contribution is -2.48. The minimum absolute atomic E-state index is 0.0677. The van der Waals surface area contributed by atoms with Crippen LogP contribution in [0.1, 0.15) is 39.0 Å². The molecule has 1 spiro atoms. The van der Waals surface area contributed by atoms with Gasteiger partial charge in [0.2, 0.25) is 0 Å². The zero-order valence-electron chi connectivity index (χ0n) is 10.1. The van der Waals surface area contributed by atoms with Gasteiger partial charge in [0.15, 0.2) is 0 Å². The summed E-state index contributed by atoms with van der Waals surface area (Å²) in [6.07, 6.45) is 5.40. The fourth-order valence-corrected chi connectivity index (χ4v) is 3.39. The van der Waals surface area contributed by atoms with Gasteiger partial charge >= 0.3 is 0 Å². The van der Waals surface area contributed by atoms with Gasteiger partial charge in [-0.1, -0.05) is 0 Å². The summed E-state index contributed by atoms with van der Waals surface area (Å²) in [5.41, 5.74) is -0.541. The lowest BCUT2D eigenvalue weighted by Gasteiger charge is -2.43. The van der Waals surface area contributed by atoms with Crippen molar-refractivity contribution < 1.29 is 14.6 Å². The first-order valence-corrected chi connectivity index (χ1v) is 6.56. The van der Waals surface area contributed by atoms with Crippen molar-refractivity contribution in [3.8, 4) is 0 Å². The average Bonchev–Trinajstić information content (AvgIpc) is 3.04. The highest BCUT2D eigenvalue weighted by Gasteiger charge is 2.51. The molecule has 92 valence electrons. The monoisotopic (exact) mass is 226 g/mol. The van der Waals surface area contributed by atoms with E-state index in [-0.39, 0.29) is 5.60 Å². The van der Waals surface area contributed by atoms with Gasteiger partial charge in [-0.25, -0.2) is 0 Å². The molecule has 2 aliphatic heterocycles. The first-order valence-electron chi connectivity index (χ1n) is 6.56. The summed E-state index contributed by atoms with van der Waals surface area (Å²) in [7, 11) is 0. The maximum absolute atomic E-state index is 10.6. The highest BCUT2D eigenvalue weighted by atomic mass is 16.6. The third-order valence-electron chi connectivity index (χ3n) is 4.79. The summed E-state index contributed by atoms with van der Waals surface area (Å²) in [4.78, 5) is 0. The summed E-state index contributed by atoms with van der Waals surface area (Å²) in [6.45, 7) is 4.36. The molecule has 0 aromatic heterocycles. The molecule has 3 fully saturated rings. The maximum atomic E-state index is 10.6. The van der Waals surface area contributed by atoms with E-state index in [0.717, 1.165) is 39.1 Å². The summed E-state index contributed by atoms with van der Waals surface area (Å²) in [5.74, 6) is 0.936. The van der Waals surface area contributed by atoms with Crippen LogP contribution in [0.4, 0.5) is 0 Å². The number of rotatable bonds is 2. The van der Waals surface area contributed by atoms with Crippen LogP contribution in [0.3, 0.4) is 0 Å². The zero-order valence-corrected chi connectivity index (χ0v) is 10.1. The van der Waals surface area contributed by atoms with Crippen molar-refractivity contribution in [3.05, 3.63) is 0 Å². The standard InChI is InChI=1S/C13H22O3/c1-12(14,10-2-3-10)11-4-6-16-13(8-11)5-7-15-9-13/h10-11,14H,2-9H2,1H3. The first kappa shape index (κ1) is 11.0. The van der Waals surface area contributed by atoms with E-state index in [1.54, 1.807) is 0 Å². The van der Waals surface area contributed by atoms with E-state index in [0.29, 0.717) is 11.8 Å². The van der Waals surface area contributed by atoms with Crippen molar-refractivity contribution in [3.63, 3.8) is 0 Å². The van der Waals surface area contributed by atoms with Crippen molar-refractivity contribution in [2.75, 3.05) is 19.8 Å². The zero-order chi connectivity index (χ0) is 11.2. The van der Waals surface area contributed by atoms with Gasteiger partial charge in [0.05, 0.1) is 17.8 Å². The van der Waals surface area contributed by atoms with Crippen LogP contribution in [0.15, 0.2) is 0 Å². The van der Waals surface area contributed by atoms with Crippen molar-refractivity contribution in [1.29, 1.82) is 0 Å². The lowest BCUT2D eigenvalue weighted by molar-refractivity contribution is -0.143. The van der Waals surface area contributed by atoms with Gasteiger partial charge in [-0.2, -0.15) is 0 Å². The second-order valence-electron chi connectivity index (χ2n) is 6.02. The van der Waals surface area contributed by atoms with E-state index < -0.39 is 5.60 Å². The van der Waals surface area contributed by atoms with Gasteiger partial charge < -0.3 is 14.6 Å². The predicted molar refractivity (Wildman–Crippen MR) is 60.2 cm³/mol. The SMILES string of the molecule is CC(O)(C1CC1)C1CCOC2(CCOC2)C1. The van der Waals surface area contributed by atoms with E-state index in [2.05, 4.69) is 0 Å². The van der Waals surface area contributed by atoms with Crippen molar-refractivity contribution in [1.82, 2.24) is 0 Å². The lowest BCUT2D eigenvalue weighted by atomic mass is 9.74. The highest BCUT2D eigenvalue weighted by molar-refractivity contribution is 5.01. The molecule has 0 radical (unpaired) electrons. The van der Waals surface area contributed by atoms with Gasteiger partial charge in [0, 0.05) is 19.6 Å². The topological polar surface area (TPSA) is 38.7 Å². The Hall–Kier alpha value is -0.120. The average molecular weight is 226 g/mol. The van der Waals surface area contributed by atoms with Crippen LogP contribution in [-0.2, 0) is 9.47 Å². The molecule has 0 amide bonds. The van der Waals surface area contributed by atoms with Crippen molar-refractivity contribution >= 4 is 0 Å². The number of aliphatic hydroxyl groups is 1.